The van der Waals surface area contributed by atoms with Crippen molar-refractivity contribution >= 4 is 28.8 Å². The van der Waals surface area contributed by atoms with Crippen LogP contribution in [0.4, 0.5) is 10.5 Å². The number of amides is 2. The van der Waals surface area contributed by atoms with E-state index < -0.39 is 0 Å². The Kier molecular flexibility index (Phi) is 4.57. The molecule has 0 aromatic carbocycles. The van der Waals surface area contributed by atoms with E-state index in [1.807, 2.05) is 23.8 Å². The number of nitrogens with one attached hydrogen (secondary N) is 1. The zero-order valence-electron chi connectivity index (χ0n) is 12.7. The van der Waals surface area contributed by atoms with Crippen LogP contribution in [0.25, 0.3) is 0 Å². The molecule has 0 bridgehead atoms. The van der Waals surface area contributed by atoms with Gasteiger partial charge in [-0.15, -0.1) is 0 Å². The van der Waals surface area contributed by atoms with E-state index in [9.17, 15) is 9.59 Å². The third kappa shape index (κ3) is 3.34. The van der Waals surface area contributed by atoms with Gasteiger partial charge in [-0.2, -0.15) is 11.3 Å². The summed E-state index contributed by atoms with van der Waals surface area (Å²) in [6.45, 7) is 3.15. The van der Waals surface area contributed by atoms with Crippen molar-refractivity contribution in [1.29, 1.82) is 0 Å². The van der Waals surface area contributed by atoms with Gasteiger partial charge >= 0.3 is 6.03 Å². The number of nitrogens with zero attached hydrogens (tertiary/aromatic N) is 2. The zero-order chi connectivity index (χ0) is 16.2. The number of ketones is 1. The monoisotopic (exact) mass is 331 g/mol. The molecule has 2 aromatic rings. The van der Waals surface area contributed by atoms with Crippen LogP contribution in [0, 0.1) is 0 Å². The van der Waals surface area contributed by atoms with Gasteiger partial charge in [-0.3, -0.25) is 9.69 Å². The number of hydrogen-bond donors (Lipinski definition) is 1. The number of aromatic nitrogens is 1. The lowest BCUT2D eigenvalue weighted by molar-refractivity contribution is 0.0974. The van der Waals surface area contributed by atoms with Crippen molar-refractivity contribution in [2.45, 2.75) is 19.9 Å². The van der Waals surface area contributed by atoms with Gasteiger partial charge in [0.15, 0.2) is 5.78 Å². The molecule has 6 nitrogen and oxygen atoms in total. The van der Waals surface area contributed by atoms with Gasteiger partial charge in [-0.25, -0.2) is 9.78 Å². The van der Waals surface area contributed by atoms with Crippen LogP contribution in [0.3, 0.4) is 0 Å². The quantitative estimate of drug-likeness (QED) is 0.935. The minimum Gasteiger partial charge on any atom is -0.478 e. The summed E-state index contributed by atoms with van der Waals surface area (Å²) in [5, 5.41) is 6.83. The maximum atomic E-state index is 12.4. The fourth-order valence-electron chi connectivity index (χ4n) is 2.41. The summed E-state index contributed by atoms with van der Waals surface area (Å²) in [5.41, 5.74) is 1.89. The second-order valence-electron chi connectivity index (χ2n) is 5.07. The highest BCUT2D eigenvalue weighted by molar-refractivity contribution is 7.07. The van der Waals surface area contributed by atoms with Crippen molar-refractivity contribution in [3.63, 3.8) is 0 Å². The number of carbonyl (C=O) groups excluding carboxylic acids is 2. The summed E-state index contributed by atoms with van der Waals surface area (Å²) in [6.07, 6.45) is 0.265. The number of Topliss-reactive ketones (excluding diaryl/α,β-unsaturated/α-hetero) is 1. The first-order valence-corrected chi connectivity index (χ1v) is 8.37. The number of hydrogen-bond acceptors (Lipinski definition) is 5. The highest BCUT2D eigenvalue weighted by atomic mass is 32.1. The molecule has 0 saturated carbocycles. The lowest BCUT2D eigenvalue weighted by Crippen LogP contribution is -2.44. The second-order valence-corrected chi connectivity index (χ2v) is 5.85. The van der Waals surface area contributed by atoms with Crippen molar-refractivity contribution in [3.05, 3.63) is 40.2 Å². The largest absolute Gasteiger partial charge is 0.478 e. The highest BCUT2D eigenvalue weighted by Gasteiger charge is 2.29. The highest BCUT2D eigenvalue weighted by Crippen LogP contribution is 2.28. The summed E-state index contributed by atoms with van der Waals surface area (Å²) in [4.78, 5) is 30.3. The van der Waals surface area contributed by atoms with Crippen molar-refractivity contribution in [1.82, 2.24) is 10.3 Å². The number of ether oxygens (including phenoxy) is 1. The Bertz CT molecular complexity index is 715. The third-order valence-corrected chi connectivity index (χ3v) is 4.26. The Morgan fingerprint density at radius 3 is 3.04 bits per heavy atom. The molecule has 0 fully saturated rings. The summed E-state index contributed by atoms with van der Waals surface area (Å²) in [5.74, 6) is 0.337. The smallest absolute Gasteiger partial charge is 0.322 e. The average molecular weight is 331 g/mol. The Morgan fingerprint density at radius 2 is 2.30 bits per heavy atom. The normalized spacial score (nSPS) is 13.6. The van der Waals surface area contributed by atoms with Gasteiger partial charge in [-0.05, 0) is 35.4 Å². The molecule has 0 saturated heterocycles. The predicted molar refractivity (Wildman–Crippen MR) is 88.3 cm³/mol. The molecule has 23 heavy (non-hydrogen) atoms. The minimum absolute atomic E-state index is 0.0663. The van der Waals surface area contributed by atoms with Crippen LogP contribution in [0.2, 0.25) is 0 Å². The van der Waals surface area contributed by atoms with Gasteiger partial charge in [0.1, 0.15) is 5.69 Å². The third-order valence-electron chi connectivity index (χ3n) is 3.53. The Labute approximate surface area is 138 Å². The number of urea groups is 1. The molecule has 1 N–H and O–H groups in total. The molecular weight excluding hydrogens is 314 g/mol. The van der Waals surface area contributed by atoms with Gasteiger partial charge in [0.05, 0.1) is 12.3 Å². The number of fused-ring (bicyclic) bond motifs is 1. The van der Waals surface area contributed by atoms with E-state index in [0.29, 0.717) is 37.0 Å². The molecule has 2 aromatic heterocycles. The van der Waals surface area contributed by atoms with Gasteiger partial charge in [0.25, 0.3) is 0 Å². The Hall–Kier alpha value is -2.41. The standard InChI is InChI=1S/C16H17N3O3S/c1-2-22-14-4-3-12-15(18-14)13(20)5-7-19(12)16(21)17-9-11-6-8-23-10-11/h3-4,6,8,10H,2,5,7,9H2,1H3,(H,17,21). The van der Waals surface area contributed by atoms with E-state index in [1.165, 1.54) is 0 Å². The maximum Gasteiger partial charge on any atom is 0.322 e. The first-order valence-electron chi connectivity index (χ1n) is 7.42. The molecule has 3 heterocycles. The van der Waals surface area contributed by atoms with Crippen LogP contribution in [-0.2, 0) is 6.54 Å². The van der Waals surface area contributed by atoms with Gasteiger partial charge in [0, 0.05) is 25.6 Å². The minimum atomic E-state index is -0.226. The number of thiophene rings is 1. The molecule has 2 amide bonds. The van der Waals surface area contributed by atoms with Crippen molar-refractivity contribution in [2.75, 3.05) is 18.1 Å². The molecule has 0 unspecified atom stereocenters. The Morgan fingerprint density at radius 1 is 1.43 bits per heavy atom. The molecule has 3 rings (SSSR count). The lowest BCUT2D eigenvalue weighted by atomic mass is 10.1. The van der Waals surface area contributed by atoms with Crippen molar-refractivity contribution in [3.8, 4) is 5.88 Å². The lowest BCUT2D eigenvalue weighted by Gasteiger charge is -2.28. The second kappa shape index (κ2) is 6.78. The maximum absolute atomic E-state index is 12.4. The SMILES string of the molecule is CCOc1ccc2c(n1)C(=O)CCN2C(=O)NCc1ccsc1. The van der Waals surface area contributed by atoms with Crippen LogP contribution in [0.5, 0.6) is 5.88 Å². The molecule has 120 valence electrons. The Balaban J connectivity index is 1.78. The molecule has 0 aliphatic carbocycles. The molecule has 1 aliphatic rings. The molecular formula is C16H17N3O3S. The molecule has 0 atom stereocenters. The number of pyridine rings is 1. The fraction of sp³-hybridized carbons (Fsp3) is 0.312. The summed E-state index contributed by atoms with van der Waals surface area (Å²) in [6, 6.07) is 5.14. The van der Waals surface area contributed by atoms with Gasteiger partial charge < -0.3 is 10.1 Å². The van der Waals surface area contributed by atoms with Crippen LogP contribution in [-0.4, -0.2) is 29.9 Å². The van der Waals surface area contributed by atoms with Crippen LogP contribution >= 0.6 is 11.3 Å². The van der Waals surface area contributed by atoms with E-state index in [-0.39, 0.29) is 18.2 Å². The van der Waals surface area contributed by atoms with Crippen LogP contribution < -0.4 is 15.0 Å². The number of rotatable bonds is 4. The summed E-state index contributed by atoms with van der Waals surface area (Å²) >= 11 is 1.59. The summed E-state index contributed by atoms with van der Waals surface area (Å²) < 4.78 is 5.33. The predicted octanol–water partition coefficient (Wildman–Crippen LogP) is 2.84. The van der Waals surface area contributed by atoms with E-state index in [1.54, 1.807) is 28.4 Å². The topological polar surface area (TPSA) is 71.5 Å². The molecule has 7 heteroatoms. The van der Waals surface area contributed by atoms with E-state index >= 15 is 0 Å². The molecule has 1 aliphatic heterocycles. The average Bonchev–Trinajstić information content (AvgIpc) is 3.07. The number of carbonyl (C=O) groups is 2. The molecule has 0 spiro atoms. The van der Waals surface area contributed by atoms with Crippen LogP contribution in [0.15, 0.2) is 29.0 Å². The van der Waals surface area contributed by atoms with E-state index in [4.69, 9.17) is 4.74 Å². The van der Waals surface area contributed by atoms with Crippen LogP contribution in [0.1, 0.15) is 29.4 Å². The fourth-order valence-corrected chi connectivity index (χ4v) is 3.08. The molecule has 0 radical (unpaired) electrons. The first kappa shape index (κ1) is 15.5. The van der Waals surface area contributed by atoms with Gasteiger partial charge in [-0.1, -0.05) is 0 Å². The van der Waals surface area contributed by atoms with Crippen molar-refractivity contribution in [2.24, 2.45) is 0 Å². The zero-order valence-corrected chi connectivity index (χ0v) is 13.6. The summed E-state index contributed by atoms with van der Waals surface area (Å²) in [7, 11) is 0. The van der Waals surface area contributed by atoms with Gasteiger partial charge in [0.2, 0.25) is 5.88 Å². The van der Waals surface area contributed by atoms with E-state index in [0.717, 1.165) is 5.56 Å². The van der Waals surface area contributed by atoms with Crippen molar-refractivity contribution < 1.29 is 14.3 Å². The first-order chi connectivity index (χ1) is 11.2. The number of anilines is 1. The van der Waals surface area contributed by atoms with E-state index in [2.05, 4.69) is 10.3 Å².